The zero-order chi connectivity index (χ0) is 17.8. The number of para-hydroxylation sites is 1. The lowest BCUT2D eigenvalue weighted by Gasteiger charge is -2.20. The molecule has 5 nitrogen and oxygen atoms in total. The highest BCUT2D eigenvalue weighted by molar-refractivity contribution is 6.03. The lowest BCUT2D eigenvalue weighted by molar-refractivity contribution is -0.122. The second kappa shape index (κ2) is 7.38. The van der Waals surface area contributed by atoms with E-state index in [1.54, 1.807) is 24.1 Å². The molecular formula is C20H22N2O3. The summed E-state index contributed by atoms with van der Waals surface area (Å²) in [6.45, 7) is 2.47. The molecule has 0 radical (unpaired) electrons. The highest BCUT2D eigenvalue weighted by Gasteiger charge is 2.35. The summed E-state index contributed by atoms with van der Waals surface area (Å²) in [5.41, 5.74) is 2.69. The van der Waals surface area contributed by atoms with E-state index in [1.807, 2.05) is 36.4 Å². The van der Waals surface area contributed by atoms with Crippen LogP contribution in [0.1, 0.15) is 18.9 Å². The van der Waals surface area contributed by atoms with Gasteiger partial charge >= 0.3 is 0 Å². The Morgan fingerprint density at radius 2 is 2.04 bits per heavy atom. The number of amides is 2. The summed E-state index contributed by atoms with van der Waals surface area (Å²) >= 11 is 0. The van der Waals surface area contributed by atoms with E-state index in [-0.39, 0.29) is 24.2 Å². The fourth-order valence-corrected chi connectivity index (χ4v) is 3.13. The quantitative estimate of drug-likeness (QED) is 0.910. The van der Waals surface area contributed by atoms with E-state index >= 15 is 0 Å². The zero-order valence-electron chi connectivity index (χ0n) is 14.5. The predicted octanol–water partition coefficient (Wildman–Crippen LogP) is 3.25. The highest BCUT2D eigenvalue weighted by atomic mass is 16.5. The van der Waals surface area contributed by atoms with Crippen molar-refractivity contribution in [3.8, 4) is 5.75 Å². The molecule has 1 saturated heterocycles. The highest BCUT2D eigenvalue weighted by Crippen LogP contribution is 2.29. The second-order valence-corrected chi connectivity index (χ2v) is 6.11. The van der Waals surface area contributed by atoms with Crippen molar-refractivity contribution in [2.24, 2.45) is 5.92 Å². The van der Waals surface area contributed by atoms with Gasteiger partial charge in [0.25, 0.3) is 0 Å². The van der Waals surface area contributed by atoms with Crippen LogP contribution in [0.2, 0.25) is 0 Å². The maximum absolute atomic E-state index is 12.6. The minimum Gasteiger partial charge on any atom is -0.497 e. The molecule has 1 aliphatic heterocycles. The standard InChI is InChI=1S/C20H22N2O3/c1-3-14-7-4-5-10-18(14)22-13-15(11-19(22)23)20(24)21-16-8-6-9-17(12-16)25-2/h4-10,12,15H,3,11,13H2,1-2H3,(H,21,24). The number of ether oxygens (including phenoxy) is 1. The number of methoxy groups -OCH3 is 1. The van der Waals surface area contributed by atoms with Crippen molar-refractivity contribution < 1.29 is 14.3 Å². The number of rotatable bonds is 5. The third-order valence-corrected chi connectivity index (χ3v) is 4.50. The fourth-order valence-electron chi connectivity index (χ4n) is 3.13. The molecule has 25 heavy (non-hydrogen) atoms. The van der Waals surface area contributed by atoms with Gasteiger partial charge in [-0.15, -0.1) is 0 Å². The minimum absolute atomic E-state index is 0.00769. The number of carbonyl (C=O) groups excluding carboxylic acids is 2. The number of nitrogens with one attached hydrogen (secondary N) is 1. The van der Waals surface area contributed by atoms with Gasteiger partial charge in [0.1, 0.15) is 5.75 Å². The number of benzene rings is 2. The Morgan fingerprint density at radius 3 is 2.80 bits per heavy atom. The van der Waals surface area contributed by atoms with E-state index in [4.69, 9.17) is 4.74 Å². The molecule has 5 heteroatoms. The summed E-state index contributed by atoms with van der Waals surface area (Å²) in [4.78, 5) is 26.7. The van der Waals surface area contributed by atoms with Crippen LogP contribution in [0.4, 0.5) is 11.4 Å². The molecule has 1 aliphatic rings. The van der Waals surface area contributed by atoms with Gasteiger partial charge in [0.2, 0.25) is 11.8 Å². The van der Waals surface area contributed by atoms with E-state index in [1.165, 1.54) is 0 Å². The third kappa shape index (κ3) is 3.65. The van der Waals surface area contributed by atoms with Crippen LogP contribution in [0.25, 0.3) is 0 Å². The summed E-state index contributed by atoms with van der Waals surface area (Å²) in [5.74, 6) is 0.173. The zero-order valence-corrected chi connectivity index (χ0v) is 14.5. The van der Waals surface area contributed by atoms with Crippen LogP contribution in [-0.4, -0.2) is 25.5 Å². The maximum atomic E-state index is 12.6. The molecule has 1 atom stereocenters. The van der Waals surface area contributed by atoms with Gasteiger partial charge in [-0.25, -0.2) is 0 Å². The van der Waals surface area contributed by atoms with Crippen molar-refractivity contribution in [1.29, 1.82) is 0 Å². The van der Waals surface area contributed by atoms with Gasteiger partial charge < -0.3 is 15.0 Å². The Balaban J connectivity index is 1.72. The Morgan fingerprint density at radius 1 is 1.24 bits per heavy atom. The molecule has 3 rings (SSSR count). The SMILES string of the molecule is CCc1ccccc1N1CC(C(=O)Nc2cccc(OC)c2)CC1=O. The first-order chi connectivity index (χ1) is 12.1. The molecule has 2 aromatic carbocycles. The third-order valence-electron chi connectivity index (χ3n) is 4.50. The molecule has 0 bridgehead atoms. The summed E-state index contributed by atoms with van der Waals surface area (Å²) in [6.07, 6.45) is 1.08. The number of hydrogen-bond donors (Lipinski definition) is 1. The number of nitrogens with zero attached hydrogens (tertiary/aromatic N) is 1. The normalized spacial score (nSPS) is 16.8. The van der Waals surface area contributed by atoms with E-state index in [2.05, 4.69) is 12.2 Å². The molecule has 1 N–H and O–H groups in total. The minimum atomic E-state index is -0.358. The van der Waals surface area contributed by atoms with Crippen LogP contribution < -0.4 is 15.0 Å². The number of aryl methyl sites for hydroxylation is 1. The van der Waals surface area contributed by atoms with Crippen LogP contribution >= 0.6 is 0 Å². The monoisotopic (exact) mass is 338 g/mol. The molecule has 1 unspecified atom stereocenters. The van der Waals surface area contributed by atoms with Gasteiger partial charge in [-0.2, -0.15) is 0 Å². The van der Waals surface area contributed by atoms with E-state index < -0.39 is 0 Å². The average Bonchev–Trinajstić information content (AvgIpc) is 3.03. The summed E-state index contributed by atoms with van der Waals surface area (Å²) in [5, 5.41) is 2.88. The molecule has 130 valence electrons. The number of hydrogen-bond acceptors (Lipinski definition) is 3. The van der Waals surface area contributed by atoms with Gasteiger partial charge in [0.15, 0.2) is 0 Å². The van der Waals surface area contributed by atoms with Crippen LogP contribution in [0.5, 0.6) is 5.75 Å². The molecule has 2 amide bonds. The van der Waals surface area contributed by atoms with Gasteiger partial charge in [-0.1, -0.05) is 31.2 Å². The first-order valence-corrected chi connectivity index (χ1v) is 8.45. The molecule has 0 saturated carbocycles. The van der Waals surface area contributed by atoms with Gasteiger partial charge in [0, 0.05) is 30.4 Å². The first-order valence-electron chi connectivity index (χ1n) is 8.45. The van der Waals surface area contributed by atoms with Crippen molar-refractivity contribution in [3.05, 3.63) is 54.1 Å². The largest absolute Gasteiger partial charge is 0.497 e. The average molecular weight is 338 g/mol. The lowest BCUT2D eigenvalue weighted by Crippen LogP contribution is -2.28. The van der Waals surface area contributed by atoms with Crippen molar-refractivity contribution in [3.63, 3.8) is 0 Å². The summed E-state index contributed by atoms with van der Waals surface area (Å²) in [6, 6.07) is 15.1. The molecule has 0 spiro atoms. The molecule has 0 aromatic heterocycles. The molecule has 2 aromatic rings. The Bertz CT molecular complexity index is 788. The first kappa shape index (κ1) is 17.0. The van der Waals surface area contributed by atoms with Crippen molar-refractivity contribution >= 4 is 23.2 Å². The second-order valence-electron chi connectivity index (χ2n) is 6.11. The fraction of sp³-hybridized carbons (Fsp3) is 0.300. The maximum Gasteiger partial charge on any atom is 0.229 e. The van der Waals surface area contributed by atoms with Crippen molar-refractivity contribution in [2.45, 2.75) is 19.8 Å². The number of anilines is 2. The van der Waals surface area contributed by atoms with Crippen molar-refractivity contribution in [1.82, 2.24) is 0 Å². The summed E-state index contributed by atoms with van der Waals surface area (Å²) < 4.78 is 5.17. The van der Waals surface area contributed by atoms with E-state index in [0.717, 1.165) is 17.7 Å². The van der Waals surface area contributed by atoms with Crippen LogP contribution in [0.15, 0.2) is 48.5 Å². The van der Waals surface area contributed by atoms with E-state index in [9.17, 15) is 9.59 Å². The van der Waals surface area contributed by atoms with Gasteiger partial charge in [-0.3, -0.25) is 9.59 Å². The number of carbonyl (C=O) groups is 2. The Kier molecular flexibility index (Phi) is 5.03. The Labute approximate surface area is 147 Å². The molecule has 0 aliphatic carbocycles. The van der Waals surface area contributed by atoms with Crippen molar-refractivity contribution in [2.75, 3.05) is 23.9 Å². The van der Waals surface area contributed by atoms with Crippen LogP contribution in [-0.2, 0) is 16.0 Å². The van der Waals surface area contributed by atoms with E-state index in [0.29, 0.717) is 18.0 Å². The summed E-state index contributed by atoms with van der Waals surface area (Å²) in [7, 11) is 1.58. The molecular weight excluding hydrogens is 316 g/mol. The topological polar surface area (TPSA) is 58.6 Å². The molecule has 1 fully saturated rings. The predicted molar refractivity (Wildman–Crippen MR) is 97.9 cm³/mol. The smallest absolute Gasteiger partial charge is 0.229 e. The Hall–Kier alpha value is -2.82. The van der Waals surface area contributed by atoms with Crippen LogP contribution in [0, 0.1) is 5.92 Å². The van der Waals surface area contributed by atoms with Gasteiger partial charge in [0.05, 0.1) is 13.0 Å². The lowest BCUT2D eigenvalue weighted by atomic mass is 10.1. The molecule has 1 heterocycles. The van der Waals surface area contributed by atoms with Crippen LogP contribution in [0.3, 0.4) is 0 Å². The van der Waals surface area contributed by atoms with Gasteiger partial charge in [-0.05, 0) is 30.2 Å².